The lowest BCUT2D eigenvalue weighted by atomic mass is 9.96. The lowest BCUT2D eigenvalue weighted by molar-refractivity contribution is -0.616. The molecule has 118 valence electrons. The van der Waals surface area contributed by atoms with Crippen LogP contribution >= 0.6 is 0 Å². The highest BCUT2D eigenvalue weighted by Crippen LogP contribution is 2.30. The smallest absolute Gasteiger partial charge is 0.461 e. The van der Waals surface area contributed by atoms with E-state index in [0.717, 1.165) is 4.57 Å². The van der Waals surface area contributed by atoms with Crippen molar-refractivity contribution in [3.63, 3.8) is 0 Å². The van der Waals surface area contributed by atoms with Crippen molar-refractivity contribution < 1.29 is 32.1 Å². The van der Waals surface area contributed by atoms with Crippen molar-refractivity contribution >= 4 is 5.78 Å². The van der Waals surface area contributed by atoms with Gasteiger partial charge in [0.05, 0.1) is 5.41 Å². The topological polar surface area (TPSA) is 57.2 Å². The van der Waals surface area contributed by atoms with Crippen molar-refractivity contribution in [2.24, 2.45) is 0 Å². The molecule has 0 aliphatic rings. The predicted octanol–water partition coefficient (Wildman–Crippen LogP) is 2.67. The lowest BCUT2D eigenvalue weighted by Gasteiger charge is -2.15. The van der Waals surface area contributed by atoms with Crippen LogP contribution in [0.3, 0.4) is 0 Å². The van der Waals surface area contributed by atoms with Gasteiger partial charge in [0, 0.05) is 12.1 Å². The number of benzene rings is 1. The van der Waals surface area contributed by atoms with Gasteiger partial charge in [-0.05, 0) is 20.8 Å². The van der Waals surface area contributed by atoms with Crippen LogP contribution in [0.1, 0.15) is 37.2 Å². The van der Waals surface area contributed by atoms with E-state index >= 15 is 0 Å². The Labute approximate surface area is 124 Å². The first-order valence-electron chi connectivity index (χ1n) is 6.46. The van der Waals surface area contributed by atoms with E-state index in [-0.39, 0.29) is 11.6 Å². The van der Waals surface area contributed by atoms with Crippen LogP contribution in [0.25, 0.3) is 5.69 Å². The summed E-state index contributed by atoms with van der Waals surface area (Å²) < 4.78 is 44.2. The van der Waals surface area contributed by atoms with Gasteiger partial charge in [0.2, 0.25) is 11.6 Å². The second-order valence-corrected chi connectivity index (χ2v) is 5.79. The van der Waals surface area contributed by atoms with E-state index in [1.54, 1.807) is 39.0 Å². The number of aromatic nitrogens is 1. The lowest BCUT2D eigenvalue weighted by Crippen LogP contribution is -2.45. The third kappa shape index (κ3) is 2.84. The third-order valence-electron chi connectivity index (χ3n) is 2.94. The largest absolute Gasteiger partial charge is 0.540 e. The number of hydrogen-bond donors (Lipinski definition) is 0. The maximum Gasteiger partial charge on any atom is 0.461 e. The van der Waals surface area contributed by atoms with E-state index in [1.807, 2.05) is 0 Å². The highest BCUT2D eigenvalue weighted by atomic mass is 19.4. The standard InChI is InChI=1S/C15H14F3NO3/c1-14(2,3)13-19(9-7-5-4-6-8-9)10(12(21)22-13)11(20)15(16,17)18/h4-8H,1-3H3. The Morgan fingerprint density at radius 2 is 1.68 bits per heavy atom. The molecule has 0 spiro atoms. The van der Waals surface area contributed by atoms with Gasteiger partial charge in [0.1, 0.15) is 5.95 Å². The zero-order chi connectivity index (χ0) is 16.7. The Morgan fingerprint density at radius 1 is 1.14 bits per heavy atom. The summed E-state index contributed by atoms with van der Waals surface area (Å²) >= 11 is 0. The zero-order valence-corrected chi connectivity index (χ0v) is 12.2. The van der Waals surface area contributed by atoms with Crippen LogP contribution in [0.4, 0.5) is 13.2 Å². The Hall–Kier alpha value is -2.31. The summed E-state index contributed by atoms with van der Waals surface area (Å²) in [5.74, 6) is -3.53. The molecule has 1 aromatic heterocycles. The molecule has 0 fully saturated rings. The molecule has 0 amide bonds. The molecular weight excluding hydrogens is 299 g/mol. The summed E-state index contributed by atoms with van der Waals surface area (Å²) in [4.78, 5) is 11.6. The minimum absolute atomic E-state index is 0.0173. The van der Waals surface area contributed by atoms with E-state index in [0.29, 0.717) is 0 Å². The van der Waals surface area contributed by atoms with Crippen molar-refractivity contribution in [1.82, 2.24) is 0 Å². The molecule has 2 aromatic rings. The van der Waals surface area contributed by atoms with Gasteiger partial charge in [-0.1, -0.05) is 18.2 Å². The van der Waals surface area contributed by atoms with Gasteiger partial charge in [0.15, 0.2) is 0 Å². The molecule has 0 unspecified atom stereocenters. The fraction of sp³-hybridized carbons (Fsp3) is 0.333. The SMILES string of the molecule is CC(C)(C)c1oc([O-])c(C(=O)C(F)(F)F)[n+]1-c1ccccc1. The number of Topliss-reactive ketones (excluding diaryl/α,β-unsaturated/α-hetero) is 1. The first kappa shape index (κ1) is 16.1. The van der Waals surface area contributed by atoms with Crippen LogP contribution in [0.2, 0.25) is 0 Å². The van der Waals surface area contributed by atoms with Crippen LogP contribution < -0.4 is 9.67 Å². The quantitative estimate of drug-likeness (QED) is 0.633. The van der Waals surface area contributed by atoms with E-state index < -0.39 is 29.0 Å². The van der Waals surface area contributed by atoms with Crippen molar-refractivity contribution in [3.05, 3.63) is 41.9 Å². The number of carbonyl (C=O) groups excluding carboxylic acids is 1. The average molecular weight is 313 g/mol. The normalized spacial score (nSPS) is 12.5. The minimum atomic E-state index is -5.16. The number of hydrogen-bond acceptors (Lipinski definition) is 3. The molecule has 1 aromatic carbocycles. The summed E-state index contributed by atoms with van der Waals surface area (Å²) in [7, 11) is 0. The summed E-state index contributed by atoms with van der Waals surface area (Å²) in [5, 5.41) is 11.9. The summed E-state index contributed by atoms with van der Waals surface area (Å²) in [5.41, 5.74) is -1.55. The molecule has 2 rings (SSSR count). The van der Waals surface area contributed by atoms with Crippen molar-refractivity contribution in [3.8, 4) is 11.6 Å². The van der Waals surface area contributed by atoms with Crippen molar-refractivity contribution in [2.75, 3.05) is 0 Å². The van der Waals surface area contributed by atoms with Gasteiger partial charge in [0.25, 0.3) is 5.69 Å². The van der Waals surface area contributed by atoms with E-state index in [4.69, 9.17) is 4.42 Å². The van der Waals surface area contributed by atoms with E-state index in [9.17, 15) is 23.1 Å². The second kappa shape index (κ2) is 5.15. The third-order valence-corrected chi connectivity index (χ3v) is 2.94. The van der Waals surface area contributed by atoms with Gasteiger partial charge >= 0.3 is 12.0 Å². The fourth-order valence-electron chi connectivity index (χ4n) is 2.02. The number of carbonyl (C=O) groups is 1. The average Bonchev–Trinajstić information content (AvgIpc) is 2.75. The Morgan fingerprint density at radius 3 is 2.14 bits per heavy atom. The molecule has 22 heavy (non-hydrogen) atoms. The highest BCUT2D eigenvalue weighted by Gasteiger charge is 2.48. The summed E-state index contributed by atoms with van der Waals surface area (Å²) in [6, 6.07) is 7.85. The molecular formula is C15H14F3NO3. The minimum Gasteiger partial charge on any atom is -0.540 e. The van der Waals surface area contributed by atoms with Gasteiger partial charge in [-0.3, -0.25) is 4.79 Å². The molecule has 4 nitrogen and oxygen atoms in total. The van der Waals surface area contributed by atoms with Crippen LogP contribution in [0, 0.1) is 0 Å². The van der Waals surface area contributed by atoms with E-state index in [2.05, 4.69) is 0 Å². The number of oxazole rings is 1. The zero-order valence-electron chi connectivity index (χ0n) is 12.2. The first-order valence-corrected chi connectivity index (χ1v) is 6.46. The maximum absolute atomic E-state index is 12.8. The monoisotopic (exact) mass is 313 g/mol. The predicted molar refractivity (Wildman–Crippen MR) is 68.8 cm³/mol. The number of halogens is 3. The molecule has 0 bridgehead atoms. The van der Waals surface area contributed by atoms with Gasteiger partial charge in [-0.2, -0.15) is 13.2 Å². The first-order chi connectivity index (χ1) is 10.0. The molecule has 0 atom stereocenters. The second-order valence-electron chi connectivity index (χ2n) is 5.79. The fourth-order valence-corrected chi connectivity index (χ4v) is 2.02. The molecule has 0 N–H and O–H groups in total. The molecule has 0 radical (unpaired) electrons. The Kier molecular flexibility index (Phi) is 3.76. The van der Waals surface area contributed by atoms with Gasteiger partial charge < -0.3 is 9.52 Å². The van der Waals surface area contributed by atoms with E-state index in [1.165, 1.54) is 12.1 Å². The number of nitrogens with zero attached hydrogens (tertiary/aromatic N) is 1. The van der Waals surface area contributed by atoms with Crippen LogP contribution in [-0.4, -0.2) is 12.0 Å². The Balaban J connectivity index is 2.80. The van der Waals surface area contributed by atoms with Crippen LogP contribution in [-0.2, 0) is 5.41 Å². The van der Waals surface area contributed by atoms with Gasteiger partial charge in [-0.25, -0.2) is 0 Å². The maximum atomic E-state index is 12.8. The molecule has 1 heterocycles. The summed E-state index contributed by atoms with van der Waals surface area (Å²) in [6.07, 6.45) is -5.16. The molecule has 7 heteroatoms. The molecule has 0 aliphatic heterocycles. The van der Waals surface area contributed by atoms with Crippen LogP contribution in [0.15, 0.2) is 34.7 Å². The number of ketones is 1. The summed E-state index contributed by atoms with van der Waals surface area (Å²) in [6.45, 7) is 5.02. The number of para-hydroxylation sites is 1. The van der Waals surface area contributed by atoms with Crippen LogP contribution in [0.5, 0.6) is 5.95 Å². The molecule has 0 aliphatic carbocycles. The Bertz CT molecular complexity index is 697. The van der Waals surface area contributed by atoms with Gasteiger partial charge in [-0.15, -0.1) is 4.57 Å². The molecule has 0 saturated carbocycles. The van der Waals surface area contributed by atoms with Crippen molar-refractivity contribution in [1.29, 1.82) is 0 Å². The number of alkyl halides is 3. The van der Waals surface area contributed by atoms with Crippen molar-refractivity contribution in [2.45, 2.75) is 32.4 Å². The highest BCUT2D eigenvalue weighted by molar-refractivity contribution is 5.99. The molecule has 0 saturated heterocycles. The number of rotatable bonds is 2.